The number of carbonyl (C=O) groups excluding carboxylic acids is 1. The first-order valence-electron chi connectivity index (χ1n) is 6.01. The fourth-order valence-electron chi connectivity index (χ4n) is 1.86. The van der Waals surface area contributed by atoms with E-state index in [1.54, 1.807) is 12.1 Å². The predicted octanol–water partition coefficient (Wildman–Crippen LogP) is 2.73. The molecule has 0 atom stereocenters. The van der Waals surface area contributed by atoms with Crippen molar-refractivity contribution in [2.75, 3.05) is 11.1 Å². The van der Waals surface area contributed by atoms with E-state index in [-0.39, 0.29) is 0 Å². The minimum absolute atomic E-state index is 0.328. The number of nitrogens with one attached hydrogen (secondary N) is 1. The molecule has 4 heteroatoms. The summed E-state index contributed by atoms with van der Waals surface area (Å²) < 4.78 is 0. The first kappa shape index (κ1) is 13.0. The van der Waals surface area contributed by atoms with Crippen molar-refractivity contribution in [1.29, 1.82) is 0 Å². The third-order valence-corrected chi connectivity index (χ3v) is 3.16. The van der Waals surface area contributed by atoms with E-state index >= 15 is 0 Å². The highest BCUT2D eigenvalue weighted by atomic mass is 16.1. The largest absolute Gasteiger partial charge is 0.396 e. The lowest BCUT2D eigenvalue weighted by molar-refractivity contribution is 0.100. The lowest BCUT2D eigenvalue weighted by Gasteiger charge is -2.12. The molecule has 0 heterocycles. The standard InChI is InChI=1S/C15H17N3O/c1-9-6-7-11(8-10(9)2)18-13-5-3-4-12(14(13)16)15(17)19/h3-8,18H,16H2,1-2H3,(H2,17,19). The number of amides is 1. The van der Waals surface area contributed by atoms with Gasteiger partial charge in [0, 0.05) is 5.69 Å². The van der Waals surface area contributed by atoms with Gasteiger partial charge in [-0.3, -0.25) is 4.79 Å². The number of hydrogen-bond donors (Lipinski definition) is 3. The van der Waals surface area contributed by atoms with Crippen LogP contribution in [0, 0.1) is 13.8 Å². The number of hydrogen-bond acceptors (Lipinski definition) is 3. The first-order valence-corrected chi connectivity index (χ1v) is 6.01. The molecule has 0 bridgehead atoms. The van der Waals surface area contributed by atoms with Gasteiger partial charge in [0.15, 0.2) is 0 Å². The van der Waals surface area contributed by atoms with Crippen LogP contribution < -0.4 is 16.8 Å². The minimum Gasteiger partial charge on any atom is -0.396 e. The second-order valence-electron chi connectivity index (χ2n) is 4.56. The van der Waals surface area contributed by atoms with Gasteiger partial charge in [-0.05, 0) is 49.2 Å². The summed E-state index contributed by atoms with van der Waals surface area (Å²) in [5.74, 6) is -0.527. The average molecular weight is 255 g/mol. The molecule has 0 fully saturated rings. The van der Waals surface area contributed by atoms with E-state index in [0.29, 0.717) is 16.9 Å². The van der Waals surface area contributed by atoms with E-state index in [1.807, 2.05) is 31.2 Å². The average Bonchev–Trinajstić information content (AvgIpc) is 2.36. The number of aryl methyl sites for hydroxylation is 2. The quantitative estimate of drug-likeness (QED) is 0.737. The highest BCUT2D eigenvalue weighted by Gasteiger charge is 2.09. The van der Waals surface area contributed by atoms with E-state index in [2.05, 4.69) is 12.2 Å². The zero-order chi connectivity index (χ0) is 14.0. The molecule has 98 valence electrons. The smallest absolute Gasteiger partial charge is 0.250 e. The summed E-state index contributed by atoms with van der Waals surface area (Å²) in [7, 11) is 0. The van der Waals surface area contributed by atoms with Crippen molar-refractivity contribution < 1.29 is 4.79 Å². The van der Waals surface area contributed by atoms with Crippen LogP contribution in [0.25, 0.3) is 0 Å². The van der Waals surface area contributed by atoms with E-state index in [1.165, 1.54) is 11.1 Å². The summed E-state index contributed by atoms with van der Waals surface area (Å²) >= 11 is 0. The van der Waals surface area contributed by atoms with Gasteiger partial charge in [0.05, 0.1) is 16.9 Å². The number of anilines is 3. The summed E-state index contributed by atoms with van der Waals surface area (Å²) in [6.07, 6.45) is 0. The summed E-state index contributed by atoms with van der Waals surface area (Å²) in [6.45, 7) is 4.10. The molecule has 2 aromatic rings. The van der Waals surface area contributed by atoms with Crippen LogP contribution in [-0.4, -0.2) is 5.91 Å². The van der Waals surface area contributed by atoms with Crippen LogP contribution in [0.1, 0.15) is 21.5 Å². The number of nitrogens with two attached hydrogens (primary N) is 2. The van der Waals surface area contributed by atoms with Crippen LogP contribution in [0.4, 0.5) is 17.1 Å². The van der Waals surface area contributed by atoms with Crippen molar-refractivity contribution in [2.24, 2.45) is 5.73 Å². The lowest BCUT2D eigenvalue weighted by atomic mass is 10.1. The molecule has 4 nitrogen and oxygen atoms in total. The van der Waals surface area contributed by atoms with Crippen LogP contribution in [0.5, 0.6) is 0 Å². The molecule has 5 N–H and O–H groups in total. The highest BCUT2D eigenvalue weighted by Crippen LogP contribution is 2.26. The number of nitrogen functional groups attached to an aromatic ring is 1. The van der Waals surface area contributed by atoms with Crippen molar-refractivity contribution >= 4 is 23.0 Å². The van der Waals surface area contributed by atoms with Gasteiger partial charge in [0.2, 0.25) is 0 Å². The highest BCUT2D eigenvalue weighted by molar-refractivity contribution is 6.01. The number of para-hydroxylation sites is 1. The second-order valence-corrected chi connectivity index (χ2v) is 4.56. The molecule has 0 radical (unpaired) electrons. The Morgan fingerprint density at radius 3 is 2.47 bits per heavy atom. The Bertz CT molecular complexity index is 635. The molecule has 2 rings (SSSR count). The third kappa shape index (κ3) is 2.68. The predicted molar refractivity (Wildman–Crippen MR) is 78.6 cm³/mol. The molecule has 0 unspecified atom stereocenters. The Hall–Kier alpha value is -2.49. The van der Waals surface area contributed by atoms with Crippen molar-refractivity contribution in [3.8, 4) is 0 Å². The Morgan fingerprint density at radius 1 is 1.11 bits per heavy atom. The van der Waals surface area contributed by atoms with E-state index < -0.39 is 5.91 Å². The molecule has 0 aliphatic heterocycles. The summed E-state index contributed by atoms with van der Waals surface area (Å²) in [6, 6.07) is 11.2. The maximum absolute atomic E-state index is 11.2. The van der Waals surface area contributed by atoms with Gasteiger partial charge >= 0.3 is 0 Å². The van der Waals surface area contributed by atoms with E-state index in [4.69, 9.17) is 11.5 Å². The van der Waals surface area contributed by atoms with E-state index in [9.17, 15) is 4.79 Å². The summed E-state index contributed by atoms with van der Waals surface area (Å²) in [5, 5.41) is 3.20. The zero-order valence-corrected chi connectivity index (χ0v) is 11.0. The number of primary amides is 1. The molecule has 0 saturated carbocycles. The van der Waals surface area contributed by atoms with Gasteiger partial charge in [-0.2, -0.15) is 0 Å². The summed E-state index contributed by atoms with van der Waals surface area (Å²) in [4.78, 5) is 11.2. The molecule has 0 spiro atoms. The fraction of sp³-hybridized carbons (Fsp3) is 0.133. The molecule has 19 heavy (non-hydrogen) atoms. The summed E-state index contributed by atoms with van der Waals surface area (Å²) in [5.41, 5.74) is 15.9. The fourth-order valence-corrected chi connectivity index (χ4v) is 1.86. The lowest BCUT2D eigenvalue weighted by Crippen LogP contribution is -2.14. The number of carbonyl (C=O) groups is 1. The van der Waals surface area contributed by atoms with E-state index in [0.717, 1.165) is 5.69 Å². The third-order valence-electron chi connectivity index (χ3n) is 3.16. The van der Waals surface area contributed by atoms with Gasteiger partial charge in [-0.1, -0.05) is 12.1 Å². The monoisotopic (exact) mass is 255 g/mol. The zero-order valence-electron chi connectivity index (χ0n) is 11.0. The molecule has 0 aromatic heterocycles. The molecular weight excluding hydrogens is 238 g/mol. The van der Waals surface area contributed by atoms with Crippen LogP contribution in [0.3, 0.4) is 0 Å². The van der Waals surface area contributed by atoms with Gasteiger partial charge in [0.1, 0.15) is 0 Å². The van der Waals surface area contributed by atoms with Crippen LogP contribution in [0.15, 0.2) is 36.4 Å². The normalized spacial score (nSPS) is 10.2. The molecule has 0 saturated heterocycles. The topological polar surface area (TPSA) is 81.1 Å². The SMILES string of the molecule is Cc1ccc(Nc2cccc(C(N)=O)c2N)cc1C. The number of rotatable bonds is 3. The maximum Gasteiger partial charge on any atom is 0.250 e. The van der Waals surface area contributed by atoms with Crippen LogP contribution >= 0.6 is 0 Å². The molecule has 2 aromatic carbocycles. The first-order chi connectivity index (χ1) is 8.99. The van der Waals surface area contributed by atoms with Crippen molar-refractivity contribution in [3.05, 3.63) is 53.1 Å². The number of benzene rings is 2. The Labute approximate surface area is 112 Å². The Morgan fingerprint density at radius 2 is 1.84 bits per heavy atom. The molecule has 0 aliphatic rings. The molecular formula is C15H17N3O. The van der Waals surface area contributed by atoms with Gasteiger partial charge in [-0.15, -0.1) is 0 Å². The Balaban J connectivity index is 2.35. The van der Waals surface area contributed by atoms with Crippen molar-refractivity contribution in [2.45, 2.75) is 13.8 Å². The molecule has 0 aliphatic carbocycles. The minimum atomic E-state index is -0.527. The Kier molecular flexibility index (Phi) is 3.42. The second kappa shape index (κ2) is 5.02. The van der Waals surface area contributed by atoms with Gasteiger partial charge in [-0.25, -0.2) is 0 Å². The van der Waals surface area contributed by atoms with Gasteiger partial charge in [0.25, 0.3) is 5.91 Å². The molecule has 1 amide bonds. The maximum atomic E-state index is 11.2. The van der Waals surface area contributed by atoms with Gasteiger partial charge < -0.3 is 16.8 Å². The van der Waals surface area contributed by atoms with Crippen LogP contribution in [-0.2, 0) is 0 Å². The van der Waals surface area contributed by atoms with Crippen molar-refractivity contribution in [3.63, 3.8) is 0 Å². The van der Waals surface area contributed by atoms with Crippen molar-refractivity contribution in [1.82, 2.24) is 0 Å². The van der Waals surface area contributed by atoms with Crippen LogP contribution in [0.2, 0.25) is 0 Å².